The molecule has 1 aliphatic carbocycles. The Morgan fingerprint density at radius 1 is 1.53 bits per heavy atom. The quantitative estimate of drug-likeness (QED) is 0.649. The Labute approximate surface area is 98.8 Å². The summed E-state index contributed by atoms with van der Waals surface area (Å²) in [5.41, 5.74) is 5.84. The highest BCUT2D eigenvalue weighted by molar-refractivity contribution is 5.43. The second kappa shape index (κ2) is 3.50. The SMILES string of the molecule is CC1(C)CC1(CN)c1ccc([N+](=O)[O-])c(F)c1. The minimum Gasteiger partial charge on any atom is -0.330 e. The number of rotatable bonds is 3. The topological polar surface area (TPSA) is 69.2 Å². The Morgan fingerprint density at radius 3 is 2.47 bits per heavy atom. The monoisotopic (exact) mass is 238 g/mol. The van der Waals surface area contributed by atoms with Crippen LogP contribution in [0.5, 0.6) is 0 Å². The van der Waals surface area contributed by atoms with Crippen molar-refractivity contribution >= 4 is 5.69 Å². The van der Waals surface area contributed by atoms with Crippen LogP contribution in [0, 0.1) is 21.3 Å². The van der Waals surface area contributed by atoms with Crippen molar-refractivity contribution < 1.29 is 9.31 Å². The maximum absolute atomic E-state index is 13.6. The predicted molar refractivity (Wildman–Crippen MR) is 62.2 cm³/mol. The lowest BCUT2D eigenvalue weighted by molar-refractivity contribution is -0.387. The third-order valence-electron chi connectivity index (χ3n) is 3.96. The molecule has 1 fully saturated rings. The normalized spacial score (nSPS) is 25.6. The Balaban J connectivity index is 2.43. The maximum atomic E-state index is 13.6. The van der Waals surface area contributed by atoms with Gasteiger partial charge in [0.1, 0.15) is 0 Å². The van der Waals surface area contributed by atoms with Gasteiger partial charge in [-0.2, -0.15) is 4.39 Å². The molecule has 1 atom stereocenters. The van der Waals surface area contributed by atoms with Gasteiger partial charge < -0.3 is 5.73 Å². The molecule has 17 heavy (non-hydrogen) atoms. The summed E-state index contributed by atoms with van der Waals surface area (Å²) >= 11 is 0. The first-order valence-corrected chi connectivity index (χ1v) is 5.48. The molecule has 0 aliphatic heterocycles. The van der Waals surface area contributed by atoms with Crippen LogP contribution in [0.25, 0.3) is 0 Å². The van der Waals surface area contributed by atoms with Crippen LogP contribution >= 0.6 is 0 Å². The van der Waals surface area contributed by atoms with Gasteiger partial charge in [0.05, 0.1) is 4.92 Å². The van der Waals surface area contributed by atoms with E-state index in [1.165, 1.54) is 12.1 Å². The van der Waals surface area contributed by atoms with Gasteiger partial charge in [-0.1, -0.05) is 19.9 Å². The van der Waals surface area contributed by atoms with Gasteiger partial charge in [-0.05, 0) is 23.5 Å². The van der Waals surface area contributed by atoms with E-state index >= 15 is 0 Å². The second-order valence-electron chi connectivity index (χ2n) is 5.27. The standard InChI is InChI=1S/C12H15FN2O2/c1-11(2)6-12(11,7-14)8-3-4-10(15(16)17)9(13)5-8/h3-5H,6-7,14H2,1-2H3. The van der Waals surface area contributed by atoms with Crippen LogP contribution in [0.4, 0.5) is 10.1 Å². The molecule has 1 aromatic rings. The highest BCUT2D eigenvalue weighted by Crippen LogP contribution is 2.63. The van der Waals surface area contributed by atoms with Crippen LogP contribution in [-0.4, -0.2) is 11.5 Å². The fraction of sp³-hybridized carbons (Fsp3) is 0.500. The molecule has 1 aliphatic rings. The van der Waals surface area contributed by atoms with Crippen LogP contribution < -0.4 is 5.73 Å². The fourth-order valence-corrected chi connectivity index (χ4v) is 2.62. The average molecular weight is 238 g/mol. The van der Waals surface area contributed by atoms with E-state index in [9.17, 15) is 14.5 Å². The summed E-state index contributed by atoms with van der Waals surface area (Å²) in [7, 11) is 0. The van der Waals surface area contributed by atoms with Crippen LogP contribution in [0.3, 0.4) is 0 Å². The minimum absolute atomic E-state index is 0.0321. The summed E-state index contributed by atoms with van der Waals surface area (Å²) in [5.74, 6) is -0.789. The van der Waals surface area contributed by atoms with Gasteiger partial charge in [-0.25, -0.2) is 0 Å². The smallest absolute Gasteiger partial charge is 0.304 e. The van der Waals surface area contributed by atoms with Crippen molar-refractivity contribution in [2.75, 3.05) is 6.54 Å². The van der Waals surface area contributed by atoms with Crippen molar-refractivity contribution in [3.05, 3.63) is 39.7 Å². The molecule has 0 saturated heterocycles. The van der Waals surface area contributed by atoms with E-state index in [0.717, 1.165) is 12.0 Å². The molecule has 1 unspecified atom stereocenters. The summed E-state index contributed by atoms with van der Waals surface area (Å²) in [6, 6.07) is 4.08. The summed E-state index contributed by atoms with van der Waals surface area (Å²) in [5, 5.41) is 10.5. The molecule has 1 saturated carbocycles. The van der Waals surface area contributed by atoms with Gasteiger partial charge in [-0.15, -0.1) is 0 Å². The molecule has 0 amide bonds. The van der Waals surface area contributed by atoms with Crippen LogP contribution in [0.15, 0.2) is 18.2 Å². The molecule has 2 rings (SSSR count). The lowest BCUT2D eigenvalue weighted by atomic mass is 9.88. The van der Waals surface area contributed by atoms with E-state index < -0.39 is 16.4 Å². The molecule has 92 valence electrons. The predicted octanol–water partition coefficient (Wildman–Crippen LogP) is 2.36. The van der Waals surface area contributed by atoms with Crippen molar-refractivity contribution in [1.82, 2.24) is 0 Å². The molecule has 0 aromatic heterocycles. The third kappa shape index (κ3) is 1.61. The number of hydrogen-bond donors (Lipinski definition) is 1. The fourth-order valence-electron chi connectivity index (χ4n) is 2.62. The zero-order chi connectivity index (χ0) is 12.8. The number of benzene rings is 1. The van der Waals surface area contributed by atoms with Gasteiger partial charge in [0.25, 0.3) is 0 Å². The average Bonchev–Trinajstić information content (AvgIpc) is 2.81. The summed E-state index contributed by atoms with van der Waals surface area (Å²) in [6.07, 6.45) is 0.883. The van der Waals surface area contributed by atoms with E-state index in [0.29, 0.717) is 6.54 Å². The largest absolute Gasteiger partial charge is 0.330 e. The van der Waals surface area contributed by atoms with Gasteiger partial charge in [0.2, 0.25) is 5.82 Å². The van der Waals surface area contributed by atoms with Gasteiger partial charge in [-0.3, -0.25) is 10.1 Å². The van der Waals surface area contributed by atoms with Gasteiger partial charge in [0, 0.05) is 18.0 Å². The van der Waals surface area contributed by atoms with E-state index in [2.05, 4.69) is 13.8 Å². The molecule has 2 N–H and O–H groups in total. The van der Waals surface area contributed by atoms with Crippen molar-refractivity contribution in [2.24, 2.45) is 11.1 Å². The summed E-state index contributed by atoms with van der Waals surface area (Å²) in [4.78, 5) is 9.82. The number of nitro groups is 1. The van der Waals surface area contributed by atoms with Crippen LogP contribution in [-0.2, 0) is 5.41 Å². The summed E-state index contributed by atoms with van der Waals surface area (Å²) in [6.45, 7) is 4.57. The molecule has 0 spiro atoms. The lowest BCUT2D eigenvalue weighted by Gasteiger charge is -2.18. The van der Waals surface area contributed by atoms with E-state index in [1.54, 1.807) is 6.07 Å². The van der Waals surface area contributed by atoms with Gasteiger partial charge >= 0.3 is 5.69 Å². The number of hydrogen-bond acceptors (Lipinski definition) is 3. The summed E-state index contributed by atoms with van der Waals surface area (Å²) < 4.78 is 13.6. The minimum atomic E-state index is -0.789. The molecule has 0 radical (unpaired) electrons. The Morgan fingerprint density at radius 2 is 2.12 bits per heavy atom. The molecule has 5 heteroatoms. The highest BCUT2D eigenvalue weighted by Gasteiger charge is 2.61. The molecule has 1 aromatic carbocycles. The number of nitrogens with zero attached hydrogens (tertiary/aromatic N) is 1. The zero-order valence-corrected chi connectivity index (χ0v) is 9.87. The molecule has 0 heterocycles. The van der Waals surface area contributed by atoms with E-state index in [1.807, 2.05) is 0 Å². The van der Waals surface area contributed by atoms with Crippen molar-refractivity contribution in [1.29, 1.82) is 0 Å². The number of nitrogens with two attached hydrogens (primary N) is 1. The van der Waals surface area contributed by atoms with Crippen LogP contribution in [0.1, 0.15) is 25.8 Å². The Hall–Kier alpha value is -1.49. The first kappa shape index (κ1) is 12.0. The molecule has 0 bridgehead atoms. The van der Waals surface area contributed by atoms with Crippen LogP contribution in [0.2, 0.25) is 0 Å². The van der Waals surface area contributed by atoms with E-state index in [4.69, 9.17) is 5.73 Å². The molecular weight excluding hydrogens is 223 g/mol. The number of halogens is 1. The number of nitro benzene ring substituents is 1. The third-order valence-corrected chi connectivity index (χ3v) is 3.96. The van der Waals surface area contributed by atoms with Crippen molar-refractivity contribution in [2.45, 2.75) is 25.7 Å². The zero-order valence-electron chi connectivity index (χ0n) is 9.87. The Bertz CT molecular complexity index is 487. The first-order chi connectivity index (χ1) is 7.84. The Kier molecular flexibility index (Phi) is 2.47. The van der Waals surface area contributed by atoms with Crippen molar-refractivity contribution in [3.8, 4) is 0 Å². The second-order valence-corrected chi connectivity index (χ2v) is 5.27. The molecule has 4 nitrogen and oxygen atoms in total. The first-order valence-electron chi connectivity index (χ1n) is 5.48. The highest BCUT2D eigenvalue weighted by atomic mass is 19.1. The lowest BCUT2D eigenvalue weighted by Crippen LogP contribution is -2.25. The van der Waals surface area contributed by atoms with Crippen molar-refractivity contribution in [3.63, 3.8) is 0 Å². The van der Waals surface area contributed by atoms with E-state index in [-0.39, 0.29) is 10.8 Å². The maximum Gasteiger partial charge on any atom is 0.304 e. The molecular formula is C12H15FN2O2. The van der Waals surface area contributed by atoms with Gasteiger partial charge in [0.15, 0.2) is 0 Å².